The van der Waals surface area contributed by atoms with Crippen LogP contribution in [0.4, 0.5) is 0 Å². The topological polar surface area (TPSA) is 59.2 Å². The molecule has 0 spiro atoms. The predicted octanol–water partition coefficient (Wildman–Crippen LogP) is 1.43. The smallest absolute Gasteiger partial charge is 0.230 e. The van der Waals surface area contributed by atoms with Crippen LogP contribution in [0.5, 0.6) is 0 Å². The Bertz CT molecular complexity index is 389. The Morgan fingerprint density at radius 1 is 1.47 bits per heavy atom. The molecule has 0 N–H and O–H groups in total. The van der Waals surface area contributed by atoms with E-state index in [4.69, 9.17) is 4.42 Å². The van der Waals surface area contributed by atoms with Crippen molar-refractivity contribution in [2.75, 3.05) is 13.1 Å². The lowest BCUT2D eigenvalue weighted by Crippen LogP contribution is -2.37. The molecule has 2 rings (SSSR count). The number of ketones is 1. The molecule has 1 unspecified atom stereocenters. The second-order valence-corrected chi connectivity index (χ2v) is 4.63. The SMILES string of the molecule is CCc1nnc(CN2CCCC(C(C)=O)C2)o1. The largest absolute Gasteiger partial charge is 0.424 e. The van der Waals surface area contributed by atoms with Crippen molar-refractivity contribution in [1.82, 2.24) is 15.1 Å². The van der Waals surface area contributed by atoms with Crippen LogP contribution in [0.15, 0.2) is 4.42 Å². The average Bonchev–Trinajstić information content (AvgIpc) is 2.77. The van der Waals surface area contributed by atoms with Gasteiger partial charge in [0.15, 0.2) is 0 Å². The molecular formula is C12H19N3O2. The number of carbonyl (C=O) groups is 1. The first-order valence-electron chi connectivity index (χ1n) is 6.23. The van der Waals surface area contributed by atoms with E-state index in [0.29, 0.717) is 18.3 Å². The van der Waals surface area contributed by atoms with Crippen molar-refractivity contribution in [2.24, 2.45) is 5.92 Å². The maximum Gasteiger partial charge on any atom is 0.230 e. The summed E-state index contributed by atoms with van der Waals surface area (Å²) in [6, 6.07) is 0. The summed E-state index contributed by atoms with van der Waals surface area (Å²) >= 11 is 0. The fourth-order valence-electron chi connectivity index (χ4n) is 2.22. The molecule has 0 aromatic carbocycles. The van der Waals surface area contributed by atoms with Crippen LogP contribution in [0.2, 0.25) is 0 Å². The van der Waals surface area contributed by atoms with Crippen LogP contribution in [-0.2, 0) is 17.8 Å². The van der Waals surface area contributed by atoms with E-state index in [9.17, 15) is 4.79 Å². The lowest BCUT2D eigenvalue weighted by molar-refractivity contribution is -0.122. The third-order valence-corrected chi connectivity index (χ3v) is 3.25. The van der Waals surface area contributed by atoms with Crippen LogP contribution in [-0.4, -0.2) is 34.0 Å². The molecule has 1 saturated heterocycles. The molecule has 0 saturated carbocycles. The highest BCUT2D eigenvalue weighted by atomic mass is 16.4. The standard InChI is InChI=1S/C12H19N3O2/c1-3-11-13-14-12(17-11)8-15-6-4-5-10(7-15)9(2)16/h10H,3-8H2,1-2H3. The summed E-state index contributed by atoms with van der Waals surface area (Å²) in [5.41, 5.74) is 0. The van der Waals surface area contributed by atoms with Crippen LogP contribution >= 0.6 is 0 Å². The molecule has 1 aromatic rings. The highest BCUT2D eigenvalue weighted by Gasteiger charge is 2.24. The Hall–Kier alpha value is -1.23. The van der Waals surface area contributed by atoms with Gasteiger partial charge in [-0.1, -0.05) is 6.92 Å². The summed E-state index contributed by atoms with van der Waals surface area (Å²) in [5.74, 6) is 1.80. The van der Waals surface area contributed by atoms with Gasteiger partial charge in [0, 0.05) is 18.9 Å². The minimum Gasteiger partial charge on any atom is -0.424 e. The molecule has 1 aromatic heterocycles. The van der Waals surface area contributed by atoms with Gasteiger partial charge in [-0.05, 0) is 26.3 Å². The summed E-state index contributed by atoms with van der Waals surface area (Å²) in [5, 5.41) is 7.95. The number of rotatable bonds is 4. The molecule has 0 bridgehead atoms. The van der Waals surface area contributed by atoms with Crippen molar-refractivity contribution >= 4 is 5.78 Å². The Labute approximate surface area is 101 Å². The Morgan fingerprint density at radius 2 is 2.24 bits per heavy atom. The summed E-state index contributed by atoms with van der Waals surface area (Å²) in [6.07, 6.45) is 2.85. The molecule has 1 fully saturated rings. The number of carbonyl (C=O) groups excluding carboxylic acids is 1. The van der Waals surface area contributed by atoms with Crippen molar-refractivity contribution < 1.29 is 9.21 Å². The molecule has 5 nitrogen and oxygen atoms in total. The first-order chi connectivity index (χ1) is 8.19. The van der Waals surface area contributed by atoms with Gasteiger partial charge in [-0.25, -0.2) is 0 Å². The van der Waals surface area contributed by atoms with E-state index >= 15 is 0 Å². The molecule has 1 atom stereocenters. The fraction of sp³-hybridized carbons (Fsp3) is 0.750. The third-order valence-electron chi connectivity index (χ3n) is 3.25. The predicted molar refractivity (Wildman–Crippen MR) is 62.4 cm³/mol. The van der Waals surface area contributed by atoms with E-state index in [0.717, 1.165) is 32.4 Å². The van der Waals surface area contributed by atoms with Crippen molar-refractivity contribution in [1.29, 1.82) is 0 Å². The second kappa shape index (κ2) is 5.40. The first-order valence-corrected chi connectivity index (χ1v) is 6.23. The van der Waals surface area contributed by atoms with Gasteiger partial charge in [-0.15, -0.1) is 10.2 Å². The van der Waals surface area contributed by atoms with Gasteiger partial charge in [0.05, 0.1) is 6.54 Å². The van der Waals surface area contributed by atoms with Gasteiger partial charge < -0.3 is 4.42 Å². The van der Waals surface area contributed by atoms with E-state index in [1.165, 1.54) is 0 Å². The highest BCUT2D eigenvalue weighted by Crippen LogP contribution is 2.18. The zero-order valence-corrected chi connectivity index (χ0v) is 10.5. The van der Waals surface area contributed by atoms with Crippen molar-refractivity contribution in [3.8, 4) is 0 Å². The van der Waals surface area contributed by atoms with Crippen LogP contribution in [0.25, 0.3) is 0 Å². The van der Waals surface area contributed by atoms with E-state index < -0.39 is 0 Å². The molecule has 5 heteroatoms. The normalized spacial score (nSPS) is 21.6. The van der Waals surface area contributed by atoms with E-state index in [2.05, 4.69) is 15.1 Å². The number of nitrogens with zero attached hydrogens (tertiary/aromatic N) is 3. The Balaban J connectivity index is 1.92. The minimum atomic E-state index is 0.178. The number of piperidine rings is 1. The van der Waals surface area contributed by atoms with Gasteiger partial charge in [-0.3, -0.25) is 9.69 Å². The molecule has 0 radical (unpaired) electrons. The van der Waals surface area contributed by atoms with Crippen molar-refractivity contribution in [3.05, 3.63) is 11.8 Å². The fourth-order valence-corrected chi connectivity index (χ4v) is 2.22. The molecular weight excluding hydrogens is 218 g/mol. The van der Waals surface area contributed by atoms with Gasteiger partial charge in [0.2, 0.25) is 11.8 Å². The van der Waals surface area contributed by atoms with Gasteiger partial charge in [0.25, 0.3) is 0 Å². The quantitative estimate of drug-likeness (QED) is 0.793. The highest BCUT2D eigenvalue weighted by molar-refractivity contribution is 5.78. The minimum absolute atomic E-state index is 0.178. The molecule has 2 heterocycles. The molecule has 94 valence electrons. The molecule has 1 aliphatic heterocycles. The van der Waals surface area contributed by atoms with Gasteiger partial charge in [-0.2, -0.15) is 0 Å². The summed E-state index contributed by atoms with van der Waals surface area (Å²) in [7, 11) is 0. The zero-order valence-electron chi connectivity index (χ0n) is 10.5. The summed E-state index contributed by atoms with van der Waals surface area (Å²) in [4.78, 5) is 13.6. The maximum atomic E-state index is 11.4. The monoisotopic (exact) mass is 237 g/mol. The lowest BCUT2D eigenvalue weighted by atomic mass is 9.95. The lowest BCUT2D eigenvalue weighted by Gasteiger charge is -2.30. The first kappa shape index (κ1) is 12.2. The number of hydrogen-bond donors (Lipinski definition) is 0. The molecule has 17 heavy (non-hydrogen) atoms. The van der Waals surface area contributed by atoms with Gasteiger partial charge in [0.1, 0.15) is 5.78 Å². The van der Waals surface area contributed by atoms with E-state index in [1.54, 1.807) is 6.92 Å². The molecule has 0 amide bonds. The van der Waals surface area contributed by atoms with Crippen LogP contribution in [0, 0.1) is 5.92 Å². The summed E-state index contributed by atoms with van der Waals surface area (Å²) in [6.45, 7) is 6.16. The van der Waals surface area contributed by atoms with Crippen molar-refractivity contribution in [3.63, 3.8) is 0 Å². The number of Topliss-reactive ketones (excluding diaryl/α,β-unsaturated/α-hetero) is 1. The molecule has 0 aliphatic carbocycles. The van der Waals surface area contributed by atoms with E-state index in [-0.39, 0.29) is 11.7 Å². The number of aryl methyl sites for hydroxylation is 1. The van der Waals surface area contributed by atoms with Crippen LogP contribution in [0.1, 0.15) is 38.5 Å². The molecule has 1 aliphatic rings. The Kier molecular flexibility index (Phi) is 3.89. The maximum absolute atomic E-state index is 11.4. The van der Waals surface area contributed by atoms with Crippen molar-refractivity contribution in [2.45, 2.75) is 39.7 Å². The van der Waals surface area contributed by atoms with Gasteiger partial charge >= 0.3 is 0 Å². The summed E-state index contributed by atoms with van der Waals surface area (Å²) < 4.78 is 5.48. The number of likely N-dealkylation sites (tertiary alicyclic amines) is 1. The zero-order chi connectivity index (χ0) is 12.3. The number of aromatic nitrogens is 2. The Morgan fingerprint density at radius 3 is 2.88 bits per heavy atom. The van der Waals surface area contributed by atoms with Crippen LogP contribution in [0.3, 0.4) is 0 Å². The second-order valence-electron chi connectivity index (χ2n) is 4.63. The van der Waals surface area contributed by atoms with Crippen LogP contribution < -0.4 is 0 Å². The van der Waals surface area contributed by atoms with E-state index in [1.807, 2.05) is 6.92 Å². The number of hydrogen-bond acceptors (Lipinski definition) is 5. The third kappa shape index (κ3) is 3.12. The average molecular weight is 237 g/mol.